The average molecular weight is 247 g/mol. The summed E-state index contributed by atoms with van der Waals surface area (Å²) >= 11 is 0. The van der Waals surface area contributed by atoms with Gasteiger partial charge in [-0.05, 0) is 30.9 Å². The third-order valence-electron chi connectivity index (χ3n) is 2.63. The van der Waals surface area contributed by atoms with Crippen LogP contribution in [0.3, 0.4) is 0 Å². The van der Waals surface area contributed by atoms with Crippen LogP contribution in [0.1, 0.15) is 44.7 Å². The molecule has 1 rings (SSSR count). The third kappa shape index (κ3) is 4.24. The summed E-state index contributed by atoms with van der Waals surface area (Å²) in [5.74, 6) is 0.451. The van der Waals surface area contributed by atoms with Crippen LogP contribution in [0, 0.1) is 0 Å². The fraction of sp³-hybridized carbons (Fsp3) is 0.400. The number of carboxylic acid groups (broad SMARTS) is 1. The van der Waals surface area contributed by atoms with E-state index >= 15 is 0 Å². The molecule has 98 valence electrons. The van der Waals surface area contributed by atoms with Gasteiger partial charge < -0.3 is 5.11 Å². The fourth-order valence-electron chi connectivity index (χ4n) is 1.73. The Hall–Kier alpha value is -1.77. The number of allylic oxidation sites excluding steroid dienone is 1. The van der Waals surface area contributed by atoms with Gasteiger partial charge in [-0.1, -0.05) is 43.7 Å². The largest absolute Gasteiger partial charge is 0.465 e. The Labute approximate surface area is 109 Å². The van der Waals surface area contributed by atoms with E-state index in [-0.39, 0.29) is 0 Å². The minimum absolute atomic E-state index is 0.390. The van der Waals surface area contributed by atoms with Crippen LogP contribution in [0.15, 0.2) is 36.0 Å². The standard InChI is InChI=1S/C15H21NO2/c1-11(2)9-16(15(17)18)10-13-6-5-7-14(8-13)12(3)4/h5-9,12H,10H2,1-4H3,(H,17,18). The summed E-state index contributed by atoms with van der Waals surface area (Å²) in [6.07, 6.45) is 0.732. The summed E-state index contributed by atoms with van der Waals surface area (Å²) in [6, 6.07) is 8.08. The number of nitrogens with zero attached hydrogens (tertiary/aromatic N) is 1. The van der Waals surface area contributed by atoms with Crippen LogP contribution in [-0.4, -0.2) is 16.1 Å². The highest BCUT2D eigenvalue weighted by molar-refractivity contribution is 5.66. The lowest BCUT2D eigenvalue weighted by atomic mass is 10.0. The molecule has 0 bridgehead atoms. The molecule has 0 saturated carbocycles. The van der Waals surface area contributed by atoms with Crippen molar-refractivity contribution in [3.8, 4) is 0 Å². The minimum Gasteiger partial charge on any atom is -0.465 e. The fourth-order valence-corrected chi connectivity index (χ4v) is 1.73. The van der Waals surface area contributed by atoms with E-state index in [9.17, 15) is 4.79 Å². The van der Waals surface area contributed by atoms with E-state index in [1.165, 1.54) is 10.5 Å². The van der Waals surface area contributed by atoms with Crippen LogP contribution in [0.2, 0.25) is 0 Å². The molecule has 0 aliphatic rings. The van der Waals surface area contributed by atoms with Crippen LogP contribution < -0.4 is 0 Å². The minimum atomic E-state index is -0.925. The third-order valence-corrected chi connectivity index (χ3v) is 2.63. The molecule has 1 amide bonds. The summed E-state index contributed by atoms with van der Waals surface area (Å²) in [5.41, 5.74) is 3.22. The van der Waals surface area contributed by atoms with Crippen molar-refractivity contribution in [1.29, 1.82) is 0 Å². The lowest BCUT2D eigenvalue weighted by Crippen LogP contribution is -2.23. The molecule has 0 atom stereocenters. The zero-order chi connectivity index (χ0) is 13.7. The number of carbonyl (C=O) groups is 1. The molecule has 0 aliphatic carbocycles. The highest BCUT2D eigenvalue weighted by Gasteiger charge is 2.10. The topological polar surface area (TPSA) is 40.5 Å². The summed E-state index contributed by atoms with van der Waals surface area (Å²) in [7, 11) is 0. The molecule has 0 unspecified atom stereocenters. The van der Waals surface area contributed by atoms with E-state index < -0.39 is 6.09 Å². The first kappa shape index (κ1) is 14.3. The predicted molar refractivity (Wildman–Crippen MR) is 73.5 cm³/mol. The summed E-state index contributed by atoms with van der Waals surface area (Å²) in [6.45, 7) is 8.43. The Morgan fingerprint density at radius 2 is 2.06 bits per heavy atom. The highest BCUT2D eigenvalue weighted by atomic mass is 16.4. The van der Waals surface area contributed by atoms with Crippen molar-refractivity contribution in [2.24, 2.45) is 0 Å². The molecule has 1 N–H and O–H groups in total. The molecule has 1 aromatic rings. The van der Waals surface area contributed by atoms with Crippen LogP contribution in [-0.2, 0) is 6.54 Å². The van der Waals surface area contributed by atoms with Crippen LogP contribution in [0.25, 0.3) is 0 Å². The number of amides is 1. The van der Waals surface area contributed by atoms with Gasteiger partial charge in [0.05, 0.1) is 6.54 Å². The van der Waals surface area contributed by atoms with Crippen LogP contribution in [0.4, 0.5) is 4.79 Å². The van der Waals surface area contributed by atoms with Gasteiger partial charge in [0.2, 0.25) is 0 Å². The molecule has 0 aromatic heterocycles. The Bertz CT molecular complexity index is 446. The zero-order valence-electron chi connectivity index (χ0n) is 11.5. The number of rotatable bonds is 4. The van der Waals surface area contributed by atoms with Crippen molar-refractivity contribution in [2.75, 3.05) is 0 Å². The summed E-state index contributed by atoms with van der Waals surface area (Å²) in [5, 5.41) is 9.14. The van der Waals surface area contributed by atoms with Gasteiger partial charge in [0.15, 0.2) is 0 Å². The number of benzene rings is 1. The van der Waals surface area contributed by atoms with Crippen LogP contribution in [0.5, 0.6) is 0 Å². The maximum atomic E-state index is 11.1. The molecule has 1 aromatic carbocycles. The SMILES string of the molecule is CC(C)=CN(Cc1cccc(C(C)C)c1)C(=O)O. The van der Waals surface area contributed by atoms with Gasteiger partial charge in [-0.2, -0.15) is 0 Å². The van der Waals surface area contributed by atoms with Gasteiger partial charge in [-0.15, -0.1) is 0 Å². The monoisotopic (exact) mass is 247 g/mol. The smallest absolute Gasteiger partial charge is 0.411 e. The van der Waals surface area contributed by atoms with E-state index in [4.69, 9.17) is 5.11 Å². The molecule has 3 nitrogen and oxygen atoms in total. The van der Waals surface area contributed by atoms with Gasteiger partial charge >= 0.3 is 6.09 Å². The molecular formula is C15H21NO2. The molecule has 3 heteroatoms. The molecule has 0 fully saturated rings. The first-order chi connectivity index (χ1) is 8.40. The lowest BCUT2D eigenvalue weighted by molar-refractivity contribution is 0.160. The Kier molecular flexibility index (Phi) is 4.95. The van der Waals surface area contributed by atoms with E-state index in [0.29, 0.717) is 12.5 Å². The first-order valence-corrected chi connectivity index (χ1v) is 6.13. The number of hydrogen-bond acceptors (Lipinski definition) is 1. The van der Waals surface area contributed by atoms with E-state index in [1.807, 2.05) is 26.0 Å². The predicted octanol–water partition coefficient (Wildman–Crippen LogP) is 4.21. The highest BCUT2D eigenvalue weighted by Crippen LogP contribution is 2.17. The lowest BCUT2D eigenvalue weighted by Gasteiger charge is -2.16. The Balaban J connectivity index is 2.91. The Morgan fingerprint density at radius 1 is 1.39 bits per heavy atom. The second-order valence-corrected chi connectivity index (χ2v) is 5.02. The molecule has 0 radical (unpaired) electrons. The normalized spacial score (nSPS) is 10.3. The molecule has 0 saturated heterocycles. The molecule has 0 aliphatic heterocycles. The van der Waals surface area contributed by atoms with Crippen molar-refractivity contribution in [1.82, 2.24) is 4.90 Å². The molecule has 18 heavy (non-hydrogen) atoms. The Morgan fingerprint density at radius 3 is 2.56 bits per heavy atom. The van der Waals surface area contributed by atoms with Crippen molar-refractivity contribution < 1.29 is 9.90 Å². The van der Waals surface area contributed by atoms with Crippen LogP contribution >= 0.6 is 0 Å². The van der Waals surface area contributed by atoms with Crippen molar-refractivity contribution >= 4 is 6.09 Å². The second kappa shape index (κ2) is 6.24. The summed E-state index contributed by atoms with van der Waals surface area (Å²) in [4.78, 5) is 12.5. The molecular weight excluding hydrogens is 226 g/mol. The maximum Gasteiger partial charge on any atom is 0.411 e. The van der Waals surface area contributed by atoms with Gasteiger partial charge in [0, 0.05) is 6.20 Å². The van der Waals surface area contributed by atoms with Gasteiger partial charge in [-0.3, -0.25) is 4.90 Å². The summed E-state index contributed by atoms with van der Waals surface area (Å²) < 4.78 is 0. The van der Waals surface area contributed by atoms with Gasteiger partial charge in [-0.25, -0.2) is 4.79 Å². The van der Waals surface area contributed by atoms with Crippen molar-refractivity contribution in [3.63, 3.8) is 0 Å². The molecule has 0 heterocycles. The maximum absolute atomic E-state index is 11.1. The zero-order valence-corrected chi connectivity index (χ0v) is 11.5. The second-order valence-electron chi connectivity index (χ2n) is 5.02. The van der Waals surface area contributed by atoms with E-state index in [1.54, 1.807) is 6.20 Å². The molecule has 0 spiro atoms. The van der Waals surface area contributed by atoms with Gasteiger partial charge in [0.1, 0.15) is 0 Å². The quantitative estimate of drug-likeness (QED) is 0.865. The van der Waals surface area contributed by atoms with Gasteiger partial charge in [0.25, 0.3) is 0 Å². The van der Waals surface area contributed by atoms with Crippen molar-refractivity contribution in [3.05, 3.63) is 47.2 Å². The van der Waals surface area contributed by atoms with Crippen molar-refractivity contribution in [2.45, 2.75) is 40.2 Å². The van der Waals surface area contributed by atoms with E-state index in [2.05, 4.69) is 26.0 Å². The first-order valence-electron chi connectivity index (χ1n) is 6.13. The van der Waals surface area contributed by atoms with E-state index in [0.717, 1.165) is 11.1 Å². The average Bonchev–Trinajstić information content (AvgIpc) is 2.27. The number of hydrogen-bond donors (Lipinski definition) is 1.